The zero-order valence-electron chi connectivity index (χ0n) is 8.75. The van der Waals surface area contributed by atoms with Crippen molar-refractivity contribution in [2.45, 2.75) is 0 Å². The zero-order valence-corrected chi connectivity index (χ0v) is 9.57. The van der Waals surface area contributed by atoms with Crippen molar-refractivity contribution in [3.05, 3.63) is 29.8 Å². The smallest absolute Gasteiger partial charge is 0.184 e. The van der Waals surface area contributed by atoms with Gasteiger partial charge in [0.05, 0.1) is 12.2 Å². The van der Waals surface area contributed by atoms with Gasteiger partial charge in [-0.1, -0.05) is 12.1 Å². The Morgan fingerprint density at radius 1 is 1.59 bits per heavy atom. The molecule has 17 heavy (non-hydrogen) atoms. The van der Waals surface area contributed by atoms with Gasteiger partial charge in [-0.05, 0) is 24.4 Å². The molecule has 0 aliphatic carbocycles. The summed E-state index contributed by atoms with van der Waals surface area (Å²) in [5, 5.41) is 14.1. The molecule has 1 rings (SSSR count). The number of nitrogens with one attached hydrogen (secondary N) is 1. The van der Waals surface area contributed by atoms with Crippen molar-refractivity contribution in [1.29, 1.82) is 0 Å². The second-order valence-corrected chi connectivity index (χ2v) is 3.37. The molecule has 0 heterocycles. The highest BCUT2D eigenvalue weighted by atomic mass is 32.1. The first-order chi connectivity index (χ1) is 8.09. The third-order valence-corrected chi connectivity index (χ3v) is 1.73. The molecule has 0 aliphatic heterocycles. The predicted molar refractivity (Wildman–Crippen MR) is 64.5 cm³/mol. The maximum Gasteiger partial charge on any atom is 0.184 e. The first-order valence-corrected chi connectivity index (χ1v) is 5.00. The fourth-order valence-corrected chi connectivity index (χ4v) is 1.07. The Morgan fingerprint density at radius 3 is 2.94 bits per heavy atom. The van der Waals surface area contributed by atoms with E-state index in [4.69, 9.17) is 10.5 Å². The summed E-state index contributed by atoms with van der Waals surface area (Å²) >= 11 is 4.56. The van der Waals surface area contributed by atoms with E-state index in [9.17, 15) is 9.90 Å². The highest BCUT2D eigenvalue weighted by molar-refractivity contribution is 7.80. The Morgan fingerprint density at radius 2 is 2.29 bits per heavy atom. The van der Waals surface area contributed by atoms with E-state index in [1.165, 1.54) is 6.21 Å². The number of aliphatic carboxylic acids is 1. The molecule has 1 aromatic rings. The third-order valence-electron chi connectivity index (χ3n) is 1.64. The van der Waals surface area contributed by atoms with Crippen LogP contribution in [0.25, 0.3) is 0 Å². The van der Waals surface area contributed by atoms with Crippen molar-refractivity contribution in [2.75, 3.05) is 6.61 Å². The quantitative estimate of drug-likeness (QED) is 0.395. The number of benzene rings is 1. The largest absolute Gasteiger partial charge is 0.546 e. The van der Waals surface area contributed by atoms with Crippen LogP contribution in [0.5, 0.6) is 5.75 Å². The van der Waals surface area contributed by atoms with Gasteiger partial charge in [-0.15, -0.1) is 0 Å². The van der Waals surface area contributed by atoms with E-state index in [-0.39, 0.29) is 5.11 Å². The number of thiocarbonyl (C=S) groups is 1. The van der Waals surface area contributed by atoms with Gasteiger partial charge in [0.1, 0.15) is 12.4 Å². The van der Waals surface area contributed by atoms with Crippen LogP contribution in [-0.4, -0.2) is 23.9 Å². The monoisotopic (exact) mass is 252 g/mol. The molecule has 0 spiro atoms. The molecule has 90 valence electrons. The molecule has 7 heteroatoms. The van der Waals surface area contributed by atoms with Crippen LogP contribution in [0.3, 0.4) is 0 Å². The summed E-state index contributed by atoms with van der Waals surface area (Å²) in [4.78, 5) is 10.3. The average Bonchev–Trinajstić information content (AvgIpc) is 2.27. The van der Waals surface area contributed by atoms with Crippen molar-refractivity contribution in [1.82, 2.24) is 5.43 Å². The van der Waals surface area contributed by atoms with Crippen molar-refractivity contribution in [3.8, 4) is 5.75 Å². The van der Waals surface area contributed by atoms with E-state index in [1.807, 2.05) is 0 Å². The van der Waals surface area contributed by atoms with Gasteiger partial charge in [0.15, 0.2) is 5.11 Å². The van der Waals surface area contributed by atoms with Crippen LogP contribution in [0.15, 0.2) is 29.4 Å². The van der Waals surface area contributed by atoms with Crippen molar-refractivity contribution in [3.63, 3.8) is 0 Å². The van der Waals surface area contributed by atoms with E-state index < -0.39 is 12.6 Å². The minimum Gasteiger partial charge on any atom is -0.546 e. The van der Waals surface area contributed by atoms with E-state index in [0.717, 1.165) is 0 Å². The minimum atomic E-state index is -1.29. The third kappa shape index (κ3) is 4.94. The molecule has 0 bridgehead atoms. The standard InChI is InChI=1S/C10H11N3O3S/c11-10(17)13-12-5-7-3-1-2-4-8(7)16-6-9(14)15/h1-5H,6H2,(H,14,15)(H3,11,13,17)/p-1/b12-5-. The van der Waals surface area contributed by atoms with E-state index in [1.54, 1.807) is 24.3 Å². The summed E-state index contributed by atoms with van der Waals surface area (Å²) in [7, 11) is 0. The fraction of sp³-hybridized carbons (Fsp3) is 0.100. The molecule has 0 radical (unpaired) electrons. The lowest BCUT2D eigenvalue weighted by atomic mass is 10.2. The maximum absolute atomic E-state index is 10.3. The Hall–Kier alpha value is -2.15. The SMILES string of the molecule is NC(=S)N/N=C\c1ccccc1OCC(=O)[O-]. The van der Waals surface area contributed by atoms with Gasteiger partial charge in [0.2, 0.25) is 0 Å². The number of para-hydroxylation sites is 1. The molecule has 0 saturated heterocycles. The lowest BCUT2D eigenvalue weighted by molar-refractivity contribution is -0.307. The molecule has 0 amide bonds. The zero-order chi connectivity index (χ0) is 12.7. The number of carboxylic acids is 1. The lowest BCUT2D eigenvalue weighted by Gasteiger charge is -2.08. The van der Waals surface area contributed by atoms with Gasteiger partial charge in [0.25, 0.3) is 0 Å². The van der Waals surface area contributed by atoms with E-state index >= 15 is 0 Å². The number of carboxylic acid groups (broad SMARTS) is 1. The highest BCUT2D eigenvalue weighted by Gasteiger charge is 2.00. The summed E-state index contributed by atoms with van der Waals surface area (Å²) in [5.74, 6) is -0.914. The van der Waals surface area contributed by atoms with Gasteiger partial charge in [-0.25, -0.2) is 0 Å². The number of carbonyl (C=O) groups is 1. The van der Waals surface area contributed by atoms with Gasteiger partial charge in [-0.3, -0.25) is 5.43 Å². The molecule has 3 N–H and O–H groups in total. The number of rotatable bonds is 5. The minimum absolute atomic E-state index is 0.0365. The van der Waals surface area contributed by atoms with Crippen LogP contribution in [0, 0.1) is 0 Å². The summed E-state index contributed by atoms with van der Waals surface area (Å²) in [5.41, 5.74) is 8.16. The van der Waals surface area contributed by atoms with Crippen molar-refractivity contribution in [2.24, 2.45) is 10.8 Å². The molecule has 0 unspecified atom stereocenters. The maximum atomic E-state index is 10.3. The number of nitrogens with two attached hydrogens (primary N) is 1. The van der Waals surface area contributed by atoms with Crippen LogP contribution in [0.1, 0.15) is 5.56 Å². The average molecular weight is 252 g/mol. The Labute approximate surface area is 103 Å². The van der Waals surface area contributed by atoms with Gasteiger partial charge < -0.3 is 20.4 Å². The van der Waals surface area contributed by atoms with Gasteiger partial charge in [0, 0.05) is 5.56 Å². The van der Waals surface area contributed by atoms with Gasteiger partial charge >= 0.3 is 0 Å². The van der Waals surface area contributed by atoms with E-state index in [0.29, 0.717) is 11.3 Å². The Kier molecular flexibility index (Phi) is 4.89. The lowest BCUT2D eigenvalue weighted by Crippen LogP contribution is -2.29. The number of hydrogen-bond donors (Lipinski definition) is 2. The van der Waals surface area contributed by atoms with Crippen LogP contribution in [0.2, 0.25) is 0 Å². The summed E-state index contributed by atoms with van der Waals surface area (Å²) in [6.45, 7) is -0.520. The first-order valence-electron chi connectivity index (χ1n) is 4.60. The molecule has 0 aromatic heterocycles. The molecule has 0 aliphatic rings. The molecule has 0 saturated carbocycles. The predicted octanol–water partition coefficient (Wildman–Crippen LogP) is -1.02. The van der Waals surface area contributed by atoms with E-state index in [2.05, 4.69) is 22.7 Å². The highest BCUT2D eigenvalue weighted by Crippen LogP contribution is 2.15. The number of carbonyl (C=O) groups excluding carboxylic acids is 1. The summed E-state index contributed by atoms with van der Waals surface area (Å²) in [6.07, 6.45) is 1.42. The Bertz CT molecular complexity index is 448. The van der Waals surface area contributed by atoms with Gasteiger partial charge in [-0.2, -0.15) is 5.10 Å². The van der Waals surface area contributed by atoms with Crippen LogP contribution in [0.4, 0.5) is 0 Å². The molecule has 1 aromatic carbocycles. The number of ether oxygens (including phenoxy) is 1. The first kappa shape index (κ1) is 12.9. The molecule has 0 atom stereocenters. The van der Waals surface area contributed by atoms with Crippen LogP contribution in [-0.2, 0) is 4.79 Å². The van der Waals surface area contributed by atoms with Crippen molar-refractivity contribution >= 4 is 29.5 Å². The van der Waals surface area contributed by atoms with Crippen LogP contribution < -0.4 is 21.0 Å². The fourth-order valence-electron chi connectivity index (χ4n) is 1.02. The van der Waals surface area contributed by atoms with Crippen molar-refractivity contribution < 1.29 is 14.6 Å². The molecule has 0 fully saturated rings. The number of hydrogen-bond acceptors (Lipinski definition) is 5. The summed E-state index contributed by atoms with van der Waals surface area (Å²) in [6, 6.07) is 6.79. The molecular weight excluding hydrogens is 242 g/mol. The second-order valence-electron chi connectivity index (χ2n) is 2.93. The molecule has 6 nitrogen and oxygen atoms in total. The topological polar surface area (TPSA) is 99.8 Å². The summed E-state index contributed by atoms with van der Waals surface area (Å²) < 4.78 is 5.01. The number of nitrogens with zero attached hydrogens (tertiary/aromatic N) is 1. The van der Waals surface area contributed by atoms with Crippen LogP contribution >= 0.6 is 12.2 Å². The normalized spacial score (nSPS) is 10.1. The Balaban J connectivity index is 2.73. The number of hydrazone groups is 1. The molecular formula is C10H10N3O3S-. The second kappa shape index (κ2) is 6.44.